The number of nitrogens with one attached hydrogen (secondary N) is 1. The molecule has 2 aromatic heterocycles. The largest absolute Gasteiger partial charge is 0.384 e. The van der Waals surface area contributed by atoms with Gasteiger partial charge < -0.3 is 16.0 Å². The van der Waals surface area contributed by atoms with Crippen molar-refractivity contribution in [2.75, 3.05) is 24.1 Å². The Kier molecular flexibility index (Phi) is 5.42. The molecule has 0 saturated carbocycles. The number of rotatable bonds is 4. The minimum atomic E-state index is -0.246. The first-order valence-corrected chi connectivity index (χ1v) is 10.9. The molecule has 0 bridgehead atoms. The minimum Gasteiger partial charge on any atom is -0.384 e. The van der Waals surface area contributed by atoms with E-state index in [4.69, 9.17) is 5.73 Å². The Morgan fingerprint density at radius 3 is 2.80 bits per heavy atom. The van der Waals surface area contributed by atoms with Crippen LogP contribution in [0.15, 0.2) is 35.7 Å². The highest BCUT2D eigenvalue weighted by Gasteiger charge is 2.36. The molecule has 1 fully saturated rings. The number of aryl methyl sites for hydroxylation is 2. The Hall–Kier alpha value is -3.00. The highest BCUT2D eigenvalue weighted by Crippen LogP contribution is 2.34. The van der Waals surface area contributed by atoms with Crippen molar-refractivity contribution >= 4 is 33.9 Å². The maximum atomic E-state index is 13.3. The van der Waals surface area contributed by atoms with Gasteiger partial charge in [0.05, 0.1) is 11.4 Å². The maximum Gasteiger partial charge on any atom is 0.253 e. The van der Waals surface area contributed by atoms with Crippen LogP contribution in [0.4, 0.5) is 16.6 Å². The molecule has 3 aromatic rings. The molecule has 3 heterocycles. The fraction of sp³-hybridized carbons (Fsp3) is 0.364. The van der Waals surface area contributed by atoms with E-state index in [-0.39, 0.29) is 11.3 Å². The highest BCUT2D eigenvalue weighted by atomic mass is 32.1. The Bertz CT molecular complexity index is 1060. The van der Waals surface area contributed by atoms with Gasteiger partial charge in [-0.05, 0) is 44.9 Å². The first-order chi connectivity index (χ1) is 14.3. The molecule has 0 unspecified atom stereocenters. The second-order valence-electron chi connectivity index (χ2n) is 8.12. The number of anilines is 3. The summed E-state index contributed by atoms with van der Waals surface area (Å²) < 4.78 is 0. The van der Waals surface area contributed by atoms with E-state index in [9.17, 15) is 4.79 Å². The summed E-state index contributed by atoms with van der Waals surface area (Å²) in [4.78, 5) is 28.4. The lowest BCUT2D eigenvalue weighted by molar-refractivity contribution is 0.0647. The normalized spacial score (nSPS) is 19.0. The van der Waals surface area contributed by atoms with Crippen LogP contribution >= 0.6 is 11.3 Å². The summed E-state index contributed by atoms with van der Waals surface area (Å²) in [5.74, 6) is 1.16. The predicted molar refractivity (Wildman–Crippen MR) is 120 cm³/mol. The fourth-order valence-electron chi connectivity index (χ4n) is 3.97. The molecule has 0 radical (unpaired) electrons. The Balaban J connectivity index is 1.53. The van der Waals surface area contributed by atoms with Crippen LogP contribution in [-0.4, -0.2) is 38.8 Å². The summed E-state index contributed by atoms with van der Waals surface area (Å²) in [5, 5.41) is 6.10. The van der Waals surface area contributed by atoms with Gasteiger partial charge in [0.1, 0.15) is 11.6 Å². The molecule has 156 valence electrons. The van der Waals surface area contributed by atoms with Crippen molar-refractivity contribution in [3.05, 3.63) is 58.5 Å². The van der Waals surface area contributed by atoms with E-state index in [0.29, 0.717) is 23.8 Å². The van der Waals surface area contributed by atoms with Gasteiger partial charge in [-0.2, -0.15) is 0 Å². The minimum absolute atomic E-state index is 0.0265. The van der Waals surface area contributed by atoms with E-state index in [1.165, 1.54) is 0 Å². The van der Waals surface area contributed by atoms with Crippen LogP contribution in [0.2, 0.25) is 0 Å². The van der Waals surface area contributed by atoms with Crippen LogP contribution in [-0.2, 0) is 5.41 Å². The predicted octanol–water partition coefficient (Wildman–Crippen LogP) is 4.07. The third-order valence-electron chi connectivity index (χ3n) is 5.44. The van der Waals surface area contributed by atoms with Gasteiger partial charge in [0.25, 0.3) is 5.91 Å². The first kappa shape index (κ1) is 20.3. The highest BCUT2D eigenvalue weighted by molar-refractivity contribution is 7.13. The number of hydrogen-bond acceptors (Lipinski definition) is 7. The number of piperidine rings is 1. The molecule has 1 aliphatic rings. The summed E-state index contributed by atoms with van der Waals surface area (Å²) in [6.45, 7) is 7.29. The fourth-order valence-corrected chi connectivity index (χ4v) is 4.68. The molecule has 7 nitrogen and oxygen atoms in total. The first-order valence-electron chi connectivity index (χ1n) is 10.0. The Morgan fingerprint density at radius 2 is 2.07 bits per heavy atom. The van der Waals surface area contributed by atoms with E-state index in [2.05, 4.69) is 27.2 Å². The second kappa shape index (κ2) is 8.02. The van der Waals surface area contributed by atoms with Crippen molar-refractivity contribution in [1.29, 1.82) is 0 Å². The number of hydrogen-bond donors (Lipinski definition) is 2. The molecule has 1 aromatic carbocycles. The zero-order valence-electron chi connectivity index (χ0n) is 17.5. The lowest BCUT2D eigenvalue weighted by atomic mass is 9.78. The number of amides is 1. The lowest BCUT2D eigenvalue weighted by Gasteiger charge is -2.40. The number of thiazole rings is 1. The van der Waals surface area contributed by atoms with E-state index in [1.807, 2.05) is 54.5 Å². The van der Waals surface area contributed by atoms with Crippen LogP contribution < -0.4 is 11.1 Å². The van der Waals surface area contributed by atoms with Gasteiger partial charge in [-0.1, -0.05) is 13.0 Å². The van der Waals surface area contributed by atoms with Crippen molar-refractivity contribution in [1.82, 2.24) is 19.9 Å². The zero-order valence-corrected chi connectivity index (χ0v) is 18.3. The molecule has 1 atom stereocenters. The monoisotopic (exact) mass is 422 g/mol. The van der Waals surface area contributed by atoms with Gasteiger partial charge in [0.2, 0.25) is 0 Å². The summed E-state index contributed by atoms with van der Waals surface area (Å²) in [6.07, 6.45) is 1.87. The van der Waals surface area contributed by atoms with Gasteiger partial charge in [0, 0.05) is 41.2 Å². The van der Waals surface area contributed by atoms with E-state index in [0.717, 1.165) is 41.6 Å². The topological polar surface area (TPSA) is 97.0 Å². The van der Waals surface area contributed by atoms with Crippen molar-refractivity contribution < 1.29 is 4.79 Å². The standard InChI is InChI=1S/C22H26N6OS/c1-14-12-30-21(24-14)27-17-7-4-6-16(10-17)20(29)28-9-5-8-22(3,13-28)18-11-19(23)26-15(2)25-18/h4,6-7,10-12H,5,8-9,13H2,1-3H3,(H,24,27)(H2,23,25,26)/t22-/m1/s1. The molecule has 4 rings (SSSR count). The summed E-state index contributed by atoms with van der Waals surface area (Å²) in [5.41, 5.74) is 9.10. The number of nitrogen functional groups attached to an aromatic ring is 1. The van der Waals surface area contributed by atoms with Crippen LogP contribution in [0.5, 0.6) is 0 Å². The number of benzene rings is 1. The Morgan fingerprint density at radius 1 is 1.23 bits per heavy atom. The van der Waals surface area contributed by atoms with Crippen LogP contribution in [0, 0.1) is 13.8 Å². The molecule has 1 aliphatic heterocycles. The zero-order chi connectivity index (χ0) is 21.3. The second-order valence-corrected chi connectivity index (χ2v) is 8.97. The molecule has 8 heteroatoms. The van der Waals surface area contributed by atoms with E-state index in [1.54, 1.807) is 11.3 Å². The van der Waals surface area contributed by atoms with Gasteiger partial charge in [-0.15, -0.1) is 11.3 Å². The molecule has 1 saturated heterocycles. The number of carbonyl (C=O) groups is 1. The van der Waals surface area contributed by atoms with E-state index >= 15 is 0 Å². The molecule has 0 spiro atoms. The van der Waals surface area contributed by atoms with Crippen molar-refractivity contribution in [2.24, 2.45) is 0 Å². The molecular weight excluding hydrogens is 396 g/mol. The summed E-state index contributed by atoms with van der Waals surface area (Å²) >= 11 is 1.55. The van der Waals surface area contributed by atoms with Gasteiger partial charge in [0.15, 0.2) is 5.13 Å². The van der Waals surface area contributed by atoms with Crippen molar-refractivity contribution in [2.45, 2.75) is 39.0 Å². The van der Waals surface area contributed by atoms with Gasteiger partial charge >= 0.3 is 0 Å². The van der Waals surface area contributed by atoms with Gasteiger partial charge in [-0.3, -0.25) is 4.79 Å². The summed E-state index contributed by atoms with van der Waals surface area (Å²) in [6, 6.07) is 9.42. The third kappa shape index (κ3) is 4.28. The number of likely N-dealkylation sites (tertiary alicyclic amines) is 1. The smallest absolute Gasteiger partial charge is 0.253 e. The van der Waals surface area contributed by atoms with Crippen molar-refractivity contribution in [3.63, 3.8) is 0 Å². The number of carbonyl (C=O) groups excluding carboxylic acids is 1. The molecule has 3 N–H and O–H groups in total. The van der Waals surface area contributed by atoms with Crippen molar-refractivity contribution in [3.8, 4) is 0 Å². The van der Waals surface area contributed by atoms with Crippen LogP contribution in [0.25, 0.3) is 0 Å². The SMILES string of the molecule is Cc1csc(Nc2cccc(C(=O)N3CCC[C@@](C)(c4cc(N)nc(C)n4)C3)c2)n1. The number of aromatic nitrogens is 3. The molecule has 0 aliphatic carbocycles. The Labute approximate surface area is 180 Å². The lowest BCUT2D eigenvalue weighted by Crippen LogP contribution is -2.47. The van der Waals surface area contributed by atoms with Crippen LogP contribution in [0.3, 0.4) is 0 Å². The molecule has 1 amide bonds. The number of nitrogens with zero attached hydrogens (tertiary/aromatic N) is 4. The maximum absolute atomic E-state index is 13.3. The van der Waals surface area contributed by atoms with E-state index < -0.39 is 0 Å². The van der Waals surface area contributed by atoms with Gasteiger partial charge in [-0.25, -0.2) is 15.0 Å². The third-order valence-corrected chi connectivity index (χ3v) is 6.32. The average molecular weight is 423 g/mol. The molecular formula is C22H26N6OS. The molecule has 30 heavy (non-hydrogen) atoms. The quantitative estimate of drug-likeness (QED) is 0.658. The number of nitrogens with two attached hydrogens (primary N) is 1. The average Bonchev–Trinajstić information content (AvgIpc) is 3.11. The van der Waals surface area contributed by atoms with Crippen LogP contribution in [0.1, 0.15) is 47.3 Å². The summed E-state index contributed by atoms with van der Waals surface area (Å²) in [7, 11) is 0.